The molecule has 1 unspecified atom stereocenters. The number of nitrogens with one attached hydrogen (secondary N) is 1. The molecule has 7 heteroatoms. The minimum Gasteiger partial charge on any atom is -0.480 e. The van der Waals surface area contributed by atoms with Gasteiger partial charge in [-0.25, -0.2) is 4.79 Å². The molecule has 0 spiro atoms. The Hall–Kier alpha value is -2.44. The van der Waals surface area contributed by atoms with Gasteiger partial charge in [-0.1, -0.05) is 26.3 Å². The average molecular weight is 280 g/mol. The highest BCUT2D eigenvalue weighted by atomic mass is 16.6. The van der Waals surface area contributed by atoms with Crippen LogP contribution in [0, 0.1) is 16.0 Å². The monoisotopic (exact) mass is 280 g/mol. The molecule has 2 N–H and O–H groups in total. The number of carbonyl (C=O) groups is 2. The van der Waals surface area contributed by atoms with E-state index in [-0.39, 0.29) is 17.2 Å². The highest BCUT2D eigenvalue weighted by Crippen LogP contribution is 2.14. The van der Waals surface area contributed by atoms with E-state index in [4.69, 9.17) is 5.11 Å². The molecule has 1 aromatic rings. The molecule has 2 atom stereocenters. The molecule has 1 aromatic carbocycles. The lowest BCUT2D eigenvalue weighted by Crippen LogP contribution is -2.45. The largest absolute Gasteiger partial charge is 0.480 e. The van der Waals surface area contributed by atoms with E-state index in [0.29, 0.717) is 6.42 Å². The highest BCUT2D eigenvalue weighted by molar-refractivity contribution is 5.97. The van der Waals surface area contributed by atoms with Gasteiger partial charge in [0.05, 0.1) is 4.92 Å². The predicted octanol–water partition coefficient (Wildman–Crippen LogP) is 1.82. The number of nitrogens with zero attached hydrogens (tertiary/aromatic N) is 1. The van der Waals surface area contributed by atoms with Gasteiger partial charge in [-0.2, -0.15) is 0 Å². The summed E-state index contributed by atoms with van der Waals surface area (Å²) in [6, 6.07) is 4.14. The molecule has 108 valence electrons. The van der Waals surface area contributed by atoms with Gasteiger partial charge in [-0.05, 0) is 12.0 Å². The Morgan fingerprint density at radius 2 is 2.10 bits per heavy atom. The van der Waals surface area contributed by atoms with Crippen LogP contribution in [0.1, 0.15) is 30.6 Å². The zero-order valence-corrected chi connectivity index (χ0v) is 11.2. The van der Waals surface area contributed by atoms with Crippen LogP contribution in [0.4, 0.5) is 5.69 Å². The van der Waals surface area contributed by atoms with Crippen molar-refractivity contribution in [1.82, 2.24) is 5.32 Å². The van der Waals surface area contributed by atoms with Crippen molar-refractivity contribution >= 4 is 17.6 Å². The Labute approximate surface area is 115 Å². The number of nitro benzene ring substituents is 1. The maximum absolute atomic E-state index is 12.0. The Bertz CT molecular complexity index is 529. The molecule has 1 amide bonds. The van der Waals surface area contributed by atoms with Crippen molar-refractivity contribution < 1.29 is 19.6 Å². The first-order chi connectivity index (χ1) is 9.36. The average Bonchev–Trinajstić information content (AvgIpc) is 2.43. The lowest BCUT2D eigenvalue weighted by Gasteiger charge is -2.20. The zero-order valence-electron chi connectivity index (χ0n) is 11.2. The predicted molar refractivity (Wildman–Crippen MR) is 71.4 cm³/mol. The molecule has 0 aliphatic carbocycles. The smallest absolute Gasteiger partial charge is 0.326 e. The molecule has 0 aliphatic rings. The first-order valence-electron chi connectivity index (χ1n) is 6.15. The number of hydrogen-bond acceptors (Lipinski definition) is 4. The highest BCUT2D eigenvalue weighted by Gasteiger charge is 2.26. The molecule has 0 aliphatic heterocycles. The SMILES string of the molecule is CCC(C)[C@H](NC(=O)c1cccc([N+](=O)[O-])c1)C(=O)O. The Balaban J connectivity index is 2.92. The van der Waals surface area contributed by atoms with Gasteiger partial charge < -0.3 is 10.4 Å². The van der Waals surface area contributed by atoms with Crippen LogP contribution in [0.25, 0.3) is 0 Å². The maximum Gasteiger partial charge on any atom is 0.326 e. The van der Waals surface area contributed by atoms with Crippen molar-refractivity contribution in [2.45, 2.75) is 26.3 Å². The third kappa shape index (κ3) is 3.78. The lowest BCUT2D eigenvalue weighted by molar-refractivity contribution is -0.384. The third-order valence-corrected chi connectivity index (χ3v) is 3.08. The summed E-state index contributed by atoms with van der Waals surface area (Å²) in [7, 11) is 0. The number of hydrogen-bond donors (Lipinski definition) is 2. The van der Waals surface area contributed by atoms with E-state index in [0.717, 1.165) is 6.07 Å². The van der Waals surface area contributed by atoms with Gasteiger partial charge in [0.2, 0.25) is 0 Å². The first-order valence-corrected chi connectivity index (χ1v) is 6.15. The van der Waals surface area contributed by atoms with Gasteiger partial charge in [0.25, 0.3) is 11.6 Å². The van der Waals surface area contributed by atoms with Crippen LogP contribution in [-0.4, -0.2) is 27.9 Å². The molecule has 0 aromatic heterocycles. The van der Waals surface area contributed by atoms with Gasteiger partial charge >= 0.3 is 5.97 Å². The normalized spacial score (nSPS) is 13.3. The lowest BCUT2D eigenvalue weighted by atomic mass is 9.99. The fourth-order valence-corrected chi connectivity index (χ4v) is 1.67. The Morgan fingerprint density at radius 1 is 1.45 bits per heavy atom. The van der Waals surface area contributed by atoms with Crippen molar-refractivity contribution in [2.75, 3.05) is 0 Å². The number of carboxylic acids is 1. The van der Waals surface area contributed by atoms with E-state index in [2.05, 4.69) is 5.32 Å². The number of non-ortho nitro benzene ring substituents is 1. The summed E-state index contributed by atoms with van der Waals surface area (Å²) in [6.45, 7) is 3.53. The van der Waals surface area contributed by atoms with Gasteiger partial charge in [-0.3, -0.25) is 14.9 Å². The standard InChI is InChI=1S/C13H16N2O5/c1-3-8(2)11(13(17)18)14-12(16)9-5-4-6-10(7-9)15(19)20/h4-8,11H,3H2,1-2H3,(H,14,16)(H,17,18)/t8?,11-/m0/s1. The van der Waals surface area contributed by atoms with Crippen LogP contribution < -0.4 is 5.32 Å². The van der Waals surface area contributed by atoms with Gasteiger partial charge in [0, 0.05) is 17.7 Å². The molecular formula is C13H16N2O5. The number of amides is 1. The van der Waals surface area contributed by atoms with E-state index in [9.17, 15) is 19.7 Å². The first kappa shape index (κ1) is 15.6. The van der Waals surface area contributed by atoms with Crippen molar-refractivity contribution in [3.05, 3.63) is 39.9 Å². The third-order valence-electron chi connectivity index (χ3n) is 3.08. The van der Waals surface area contributed by atoms with Crippen molar-refractivity contribution in [2.24, 2.45) is 5.92 Å². The van der Waals surface area contributed by atoms with E-state index in [1.807, 2.05) is 6.92 Å². The molecule has 0 fully saturated rings. The van der Waals surface area contributed by atoms with Crippen LogP contribution >= 0.6 is 0 Å². The van der Waals surface area contributed by atoms with Crippen LogP contribution in [0.5, 0.6) is 0 Å². The van der Waals surface area contributed by atoms with Crippen LogP contribution in [0.15, 0.2) is 24.3 Å². The second kappa shape index (κ2) is 6.65. The molecule has 0 radical (unpaired) electrons. The quantitative estimate of drug-likeness (QED) is 0.610. The summed E-state index contributed by atoms with van der Waals surface area (Å²) in [5.74, 6) is -2.00. The van der Waals surface area contributed by atoms with E-state index in [1.165, 1.54) is 18.2 Å². The minimum atomic E-state index is -1.13. The summed E-state index contributed by atoms with van der Waals surface area (Å²) in [5, 5.41) is 22.1. The summed E-state index contributed by atoms with van der Waals surface area (Å²) in [6.07, 6.45) is 0.589. The minimum absolute atomic E-state index is 0.0637. The molecule has 20 heavy (non-hydrogen) atoms. The second-order valence-corrected chi connectivity index (χ2v) is 4.48. The number of nitro groups is 1. The van der Waals surface area contributed by atoms with Gasteiger partial charge in [-0.15, -0.1) is 0 Å². The van der Waals surface area contributed by atoms with Crippen molar-refractivity contribution in [3.8, 4) is 0 Å². The van der Waals surface area contributed by atoms with Crippen molar-refractivity contribution in [3.63, 3.8) is 0 Å². The topological polar surface area (TPSA) is 110 Å². The molecule has 0 saturated carbocycles. The molecule has 1 rings (SSSR count). The molecule has 0 saturated heterocycles. The maximum atomic E-state index is 12.0. The molecular weight excluding hydrogens is 264 g/mol. The van der Waals surface area contributed by atoms with E-state index < -0.39 is 22.8 Å². The number of benzene rings is 1. The molecule has 7 nitrogen and oxygen atoms in total. The van der Waals surface area contributed by atoms with Gasteiger partial charge in [0.1, 0.15) is 6.04 Å². The summed E-state index contributed by atoms with van der Waals surface area (Å²) >= 11 is 0. The van der Waals surface area contributed by atoms with E-state index in [1.54, 1.807) is 6.92 Å². The Morgan fingerprint density at radius 3 is 2.60 bits per heavy atom. The van der Waals surface area contributed by atoms with Crippen LogP contribution in [-0.2, 0) is 4.79 Å². The number of carboxylic acid groups (broad SMARTS) is 1. The number of aliphatic carboxylic acids is 1. The van der Waals surface area contributed by atoms with Crippen LogP contribution in [0.3, 0.4) is 0 Å². The summed E-state index contributed by atoms with van der Waals surface area (Å²) in [5.41, 5.74) is -0.151. The number of carbonyl (C=O) groups excluding carboxylic acids is 1. The summed E-state index contributed by atoms with van der Waals surface area (Å²) in [4.78, 5) is 33.1. The Kier molecular flexibility index (Phi) is 5.19. The summed E-state index contributed by atoms with van der Waals surface area (Å²) < 4.78 is 0. The fourth-order valence-electron chi connectivity index (χ4n) is 1.67. The second-order valence-electron chi connectivity index (χ2n) is 4.48. The zero-order chi connectivity index (χ0) is 15.3. The molecule has 0 bridgehead atoms. The van der Waals surface area contributed by atoms with Crippen molar-refractivity contribution in [1.29, 1.82) is 0 Å². The number of rotatable bonds is 6. The van der Waals surface area contributed by atoms with Crippen LogP contribution in [0.2, 0.25) is 0 Å². The van der Waals surface area contributed by atoms with Gasteiger partial charge in [0.15, 0.2) is 0 Å². The molecule has 0 heterocycles. The fraction of sp³-hybridized carbons (Fsp3) is 0.385. The van der Waals surface area contributed by atoms with E-state index >= 15 is 0 Å².